The summed E-state index contributed by atoms with van der Waals surface area (Å²) in [6.07, 6.45) is -0.0522. The number of nitrogens with one attached hydrogen (secondary N) is 1. The van der Waals surface area contributed by atoms with Gasteiger partial charge in [0, 0.05) is 17.1 Å². The van der Waals surface area contributed by atoms with Gasteiger partial charge in [-0.1, -0.05) is 0 Å². The monoisotopic (exact) mass is 306 g/mol. The molecule has 3 aliphatic rings. The first kappa shape index (κ1) is 12.8. The van der Waals surface area contributed by atoms with Crippen LogP contribution in [0.2, 0.25) is 0 Å². The van der Waals surface area contributed by atoms with Crippen molar-refractivity contribution in [2.75, 3.05) is 24.7 Å². The predicted octanol–water partition coefficient (Wildman–Crippen LogP) is 1.35. The third-order valence-corrected chi connectivity index (χ3v) is 4.96. The summed E-state index contributed by atoms with van der Waals surface area (Å²) < 4.78 is 16.4. The van der Waals surface area contributed by atoms with Crippen molar-refractivity contribution in [1.29, 1.82) is 5.41 Å². The highest BCUT2D eigenvalue weighted by atomic mass is 32.2. The van der Waals surface area contributed by atoms with E-state index in [1.54, 1.807) is 30.0 Å². The second kappa shape index (κ2) is 4.84. The molecule has 0 radical (unpaired) electrons. The number of carbonyl (C=O) groups excluding carboxylic acids is 1. The zero-order valence-electron chi connectivity index (χ0n) is 11.2. The van der Waals surface area contributed by atoms with Crippen LogP contribution in [-0.4, -0.2) is 53.7 Å². The van der Waals surface area contributed by atoms with E-state index in [-0.39, 0.29) is 24.1 Å². The fourth-order valence-corrected chi connectivity index (χ4v) is 4.05. The molecule has 2 atom stereocenters. The number of benzene rings is 1. The average Bonchev–Trinajstić information content (AvgIpc) is 3.06. The third kappa shape index (κ3) is 2.03. The molecule has 0 spiro atoms. The van der Waals surface area contributed by atoms with Gasteiger partial charge in [0.15, 0.2) is 11.5 Å². The number of ether oxygens (including phenoxy) is 3. The standard InChI is InChI=1S/C14H14N2O4S/c15-14-16(9-6-21-7-12(9)20-14)13(17)8-1-2-10-11(5-8)19-4-3-18-10/h1-2,5,9,12,15H,3-4,6-7H2. The molecule has 1 aromatic rings. The summed E-state index contributed by atoms with van der Waals surface area (Å²) in [6, 6.07) is 5.04. The van der Waals surface area contributed by atoms with E-state index in [2.05, 4.69) is 0 Å². The van der Waals surface area contributed by atoms with Crippen LogP contribution in [0.3, 0.4) is 0 Å². The molecule has 2 saturated heterocycles. The molecule has 3 heterocycles. The Hall–Kier alpha value is -1.89. The fraction of sp³-hybridized carbons (Fsp3) is 0.429. The maximum absolute atomic E-state index is 12.7. The Balaban J connectivity index is 1.64. The van der Waals surface area contributed by atoms with Gasteiger partial charge in [0.1, 0.15) is 19.3 Å². The van der Waals surface area contributed by atoms with Crippen molar-refractivity contribution >= 4 is 23.7 Å². The van der Waals surface area contributed by atoms with Gasteiger partial charge in [0.2, 0.25) is 0 Å². The van der Waals surface area contributed by atoms with E-state index >= 15 is 0 Å². The van der Waals surface area contributed by atoms with Crippen LogP contribution in [-0.2, 0) is 4.74 Å². The highest BCUT2D eigenvalue weighted by Crippen LogP contribution is 2.35. The molecule has 21 heavy (non-hydrogen) atoms. The molecule has 0 aromatic heterocycles. The number of hydrogen-bond acceptors (Lipinski definition) is 6. The molecule has 3 aliphatic heterocycles. The van der Waals surface area contributed by atoms with Crippen LogP contribution in [0.25, 0.3) is 0 Å². The van der Waals surface area contributed by atoms with Crippen LogP contribution < -0.4 is 9.47 Å². The van der Waals surface area contributed by atoms with Crippen molar-refractivity contribution < 1.29 is 19.0 Å². The molecule has 110 valence electrons. The summed E-state index contributed by atoms with van der Waals surface area (Å²) in [7, 11) is 0. The Bertz CT molecular complexity index is 621. The predicted molar refractivity (Wildman–Crippen MR) is 77.3 cm³/mol. The maximum atomic E-state index is 12.7. The minimum absolute atomic E-state index is 0.0387. The number of nitrogens with zero attached hydrogens (tertiary/aromatic N) is 1. The van der Waals surface area contributed by atoms with Crippen molar-refractivity contribution in [3.8, 4) is 11.5 Å². The van der Waals surface area contributed by atoms with Gasteiger partial charge in [-0.15, -0.1) is 0 Å². The minimum Gasteiger partial charge on any atom is -0.486 e. The van der Waals surface area contributed by atoms with Gasteiger partial charge in [0.25, 0.3) is 11.9 Å². The second-order valence-corrected chi connectivity index (χ2v) is 6.17. The molecule has 1 aromatic carbocycles. The number of carbonyl (C=O) groups is 1. The summed E-state index contributed by atoms with van der Waals surface area (Å²) in [5, 5.41) is 7.89. The molecule has 1 N–H and O–H groups in total. The lowest BCUT2D eigenvalue weighted by atomic mass is 10.1. The lowest BCUT2D eigenvalue weighted by Gasteiger charge is -2.22. The first-order valence-corrected chi connectivity index (χ1v) is 7.95. The normalized spacial score (nSPS) is 26.5. The lowest BCUT2D eigenvalue weighted by Crippen LogP contribution is -2.41. The molecule has 6 nitrogen and oxygen atoms in total. The van der Waals surface area contributed by atoms with E-state index in [9.17, 15) is 4.79 Å². The van der Waals surface area contributed by atoms with Gasteiger partial charge in [-0.25, -0.2) is 0 Å². The Morgan fingerprint density at radius 1 is 1.24 bits per heavy atom. The number of hydrogen-bond donors (Lipinski definition) is 1. The van der Waals surface area contributed by atoms with Gasteiger partial charge in [-0.2, -0.15) is 11.8 Å². The van der Waals surface area contributed by atoms with E-state index in [0.717, 1.165) is 11.5 Å². The van der Waals surface area contributed by atoms with Crippen LogP contribution in [0, 0.1) is 5.41 Å². The van der Waals surface area contributed by atoms with Gasteiger partial charge < -0.3 is 14.2 Å². The third-order valence-electron chi connectivity index (χ3n) is 3.82. The van der Waals surface area contributed by atoms with E-state index < -0.39 is 0 Å². The lowest BCUT2D eigenvalue weighted by molar-refractivity contribution is 0.0822. The highest BCUT2D eigenvalue weighted by Gasteiger charge is 2.46. The topological polar surface area (TPSA) is 71.9 Å². The maximum Gasteiger partial charge on any atom is 0.292 e. The molecule has 2 unspecified atom stereocenters. The number of fused-ring (bicyclic) bond motifs is 2. The van der Waals surface area contributed by atoms with E-state index in [1.807, 2.05) is 0 Å². The first-order chi connectivity index (χ1) is 10.2. The number of rotatable bonds is 1. The van der Waals surface area contributed by atoms with Gasteiger partial charge in [0.05, 0.1) is 6.04 Å². The highest BCUT2D eigenvalue weighted by molar-refractivity contribution is 7.99. The Morgan fingerprint density at radius 3 is 2.90 bits per heavy atom. The Labute approximate surface area is 125 Å². The van der Waals surface area contributed by atoms with Crippen molar-refractivity contribution in [3.63, 3.8) is 0 Å². The number of amides is 1. The van der Waals surface area contributed by atoms with Crippen molar-refractivity contribution in [2.45, 2.75) is 12.1 Å². The van der Waals surface area contributed by atoms with E-state index in [0.29, 0.717) is 30.3 Å². The van der Waals surface area contributed by atoms with Crippen LogP contribution in [0.15, 0.2) is 18.2 Å². The zero-order valence-corrected chi connectivity index (χ0v) is 12.0. The van der Waals surface area contributed by atoms with Crippen LogP contribution in [0.1, 0.15) is 10.4 Å². The number of thioether (sulfide) groups is 1. The quantitative estimate of drug-likeness (QED) is 0.848. The molecule has 2 fully saturated rings. The SMILES string of the molecule is N=C1OC2CSCC2N1C(=O)c1ccc2c(c1)OCCO2. The molecule has 0 aliphatic carbocycles. The first-order valence-electron chi connectivity index (χ1n) is 6.80. The number of amidine groups is 1. The van der Waals surface area contributed by atoms with Crippen LogP contribution in [0.4, 0.5) is 0 Å². The molecule has 0 bridgehead atoms. The second-order valence-electron chi connectivity index (χ2n) is 5.10. The Morgan fingerprint density at radius 2 is 2.05 bits per heavy atom. The zero-order chi connectivity index (χ0) is 14.4. The average molecular weight is 306 g/mol. The van der Waals surface area contributed by atoms with Crippen LogP contribution >= 0.6 is 11.8 Å². The van der Waals surface area contributed by atoms with Crippen molar-refractivity contribution in [2.24, 2.45) is 0 Å². The smallest absolute Gasteiger partial charge is 0.292 e. The van der Waals surface area contributed by atoms with E-state index in [4.69, 9.17) is 19.6 Å². The van der Waals surface area contributed by atoms with E-state index in [1.165, 1.54) is 4.90 Å². The molecule has 4 rings (SSSR count). The van der Waals surface area contributed by atoms with Crippen LogP contribution in [0.5, 0.6) is 11.5 Å². The van der Waals surface area contributed by atoms with Gasteiger partial charge >= 0.3 is 0 Å². The van der Waals surface area contributed by atoms with Gasteiger partial charge in [-0.05, 0) is 18.2 Å². The summed E-state index contributed by atoms with van der Waals surface area (Å²) in [4.78, 5) is 14.1. The molecule has 1 amide bonds. The van der Waals surface area contributed by atoms with Gasteiger partial charge in [-0.3, -0.25) is 15.1 Å². The summed E-state index contributed by atoms with van der Waals surface area (Å²) in [6.45, 7) is 1.00. The molecule has 0 saturated carbocycles. The van der Waals surface area contributed by atoms with Crippen molar-refractivity contribution in [3.05, 3.63) is 23.8 Å². The molecule has 7 heteroatoms. The molecular formula is C14H14N2O4S. The molecular weight excluding hydrogens is 292 g/mol. The summed E-state index contributed by atoms with van der Waals surface area (Å²) >= 11 is 1.75. The summed E-state index contributed by atoms with van der Waals surface area (Å²) in [5.41, 5.74) is 0.491. The van der Waals surface area contributed by atoms with Crippen molar-refractivity contribution in [1.82, 2.24) is 4.90 Å². The fourth-order valence-electron chi connectivity index (χ4n) is 2.79. The Kier molecular flexibility index (Phi) is 2.95. The minimum atomic E-state index is -0.216. The largest absolute Gasteiger partial charge is 0.486 e. The summed E-state index contributed by atoms with van der Waals surface area (Å²) in [5.74, 6) is 2.66.